The summed E-state index contributed by atoms with van der Waals surface area (Å²) < 4.78 is 5.20. The standard InChI is InChI=1S/C14H14ClNOS/c1-17-14-8-11(6-7-13(14)16)18-9-10-4-2-3-5-12(10)15/h2-8H,9,16H2,1H3. The zero-order valence-electron chi connectivity index (χ0n) is 10.0. The second-order valence-corrected chi connectivity index (χ2v) is 5.24. The van der Waals surface area contributed by atoms with Crippen molar-refractivity contribution in [3.63, 3.8) is 0 Å². The Hall–Kier alpha value is -1.32. The predicted molar refractivity (Wildman–Crippen MR) is 78.4 cm³/mol. The quantitative estimate of drug-likeness (QED) is 0.672. The number of halogens is 1. The molecule has 2 aromatic carbocycles. The summed E-state index contributed by atoms with van der Waals surface area (Å²) in [5.74, 6) is 1.53. The van der Waals surface area contributed by atoms with Gasteiger partial charge in [0.05, 0.1) is 12.8 Å². The number of ether oxygens (including phenoxy) is 1. The molecule has 0 saturated heterocycles. The molecule has 0 aliphatic rings. The van der Waals surface area contributed by atoms with Crippen LogP contribution in [0.1, 0.15) is 5.56 Å². The molecule has 2 nitrogen and oxygen atoms in total. The van der Waals surface area contributed by atoms with Gasteiger partial charge in [-0.05, 0) is 29.8 Å². The molecule has 0 aliphatic heterocycles. The van der Waals surface area contributed by atoms with Gasteiger partial charge in [0.15, 0.2) is 0 Å². The highest BCUT2D eigenvalue weighted by atomic mass is 35.5. The largest absolute Gasteiger partial charge is 0.495 e. The van der Waals surface area contributed by atoms with Crippen molar-refractivity contribution in [2.24, 2.45) is 0 Å². The molecule has 0 atom stereocenters. The van der Waals surface area contributed by atoms with Crippen LogP contribution in [0.25, 0.3) is 0 Å². The maximum absolute atomic E-state index is 6.12. The summed E-state index contributed by atoms with van der Waals surface area (Å²) in [6.07, 6.45) is 0. The molecule has 2 N–H and O–H groups in total. The Labute approximate surface area is 116 Å². The van der Waals surface area contributed by atoms with E-state index in [0.29, 0.717) is 11.4 Å². The highest BCUT2D eigenvalue weighted by molar-refractivity contribution is 7.98. The van der Waals surface area contributed by atoms with Crippen LogP contribution in [0.2, 0.25) is 5.02 Å². The van der Waals surface area contributed by atoms with Crippen LogP contribution in [0, 0.1) is 0 Å². The van der Waals surface area contributed by atoms with Gasteiger partial charge in [-0.1, -0.05) is 29.8 Å². The van der Waals surface area contributed by atoms with Gasteiger partial charge in [0.25, 0.3) is 0 Å². The number of hydrogen-bond donors (Lipinski definition) is 1. The Morgan fingerprint density at radius 1 is 1.22 bits per heavy atom. The summed E-state index contributed by atoms with van der Waals surface area (Å²) in [5, 5.41) is 0.799. The second kappa shape index (κ2) is 6.03. The van der Waals surface area contributed by atoms with Crippen LogP contribution in [0.5, 0.6) is 5.75 Å². The monoisotopic (exact) mass is 279 g/mol. The molecular weight excluding hydrogens is 266 g/mol. The molecule has 94 valence electrons. The summed E-state index contributed by atoms with van der Waals surface area (Å²) in [6, 6.07) is 13.6. The molecule has 0 heterocycles. The van der Waals surface area contributed by atoms with Gasteiger partial charge in [0, 0.05) is 15.7 Å². The third kappa shape index (κ3) is 3.12. The number of nitrogen functional groups attached to an aromatic ring is 1. The molecular formula is C14H14ClNOS. The Morgan fingerprint density at radius 3 is 2.72 bits per heavy atom. The zero-order chi connectivity index (χ0) is 13.0. The Balaban J connectivity index is 2.09. The van der Waals surface area contributed by atoms with Crippen molar-refractivity contribution in [3.8, 4) is 5.75 Å². The van der Waals surface area contributed by atoms with Crippen LogP contribution in [0.4, 0.5) is 5.69 Å². The minimum Gasteiger partial charge on any atom is -0.495 e. The first-order valence-corrected chi connectivity index (χ1v) is 6.87. The predicted octanol–water partition coefficient (Wildman–Crippen LogP) is 4.22. The molecule has 0 radical (unpaired) electrons. The van der Waals surface area contributed by atoms with Crippen molar-refractivity contribution in [2.75, 3.05) is 12.8 Å². The maximum atomic E-state index is 6.12. The summed E-state index contributed by atoms with van der Waals surface area (Å²) in [7, 11) is 1.62. The van der Waals surface area contributed by atoms with Gasteiger partial charge >= 0.3 is 0 Å². The van der Waals surface area contributed by atoms with Gasteiger partial charge in [-0.15, -0.1) is 11.8 Å². The first-order chi connectivity index (χ1) is 8.70. The fraction of sp³-hybridized carbons (Fsp3) is 0.143. The van der Waals surface area contributed by atoms with Crippen LogP contribution in [0.3, 0.4) is 0 Å². The summed E-state index contributed by atoms with van der Waals surface area (Å²) in [6.45, 7) is 0. The number of benzene rings is 2. The Bertz CT molecular complexity index is 545. The van der Waals surface area contributed by atoms with E-state index in [1.807, 2.05) is 42.5 Å². The molecule has 0 aromatic heterocycles. The molecule has 0 unspecified atom stereocenters. The van der Waals surface area contributed by atoms with Gasteiger partial charge < -0.3 is 10.5 Å². The lowest BCUT2D eigenvalue weighted by molar-refractivity contribution is 0.416. The lowest BCUT2D eigenvalue weighted by Crippen LogP contribution is -1.92. The summed E-state index contributed by atoms with van der Waals surface area (Å²) in [4.78, 5) is 1.11. The average molecular weight is 280 g/mol. The molecule has 0 saturated carbocycles. The summed E-state index contributed by atoms with van der Waals surface area (Å²) in [5.41, 5.74) is 7.55. The van der Waals surface area contributed by atoms with Crippen LogP contribution in [-0.2, 0) is 5.75 Å². The molecule has 18 heavy (non-hydrogen) atoms. The van der Waals surface area contributed by atoms with E-state index in [0.717, 1.165) is 21.2 Å². The van der Waals surface area contributed by atoms with E-state index < -0.39 is 0 Å². The lowest BCUT2D eigenvalue weighted by Gasteiger charge is -2.08. The molecule has 2 aromatic rings. The van der Waals surface area contributed by atoms with E-state index in [9.17, 15) is 0 Å². The van der Waals surface area contributed by atoms with Crippen molar-refractivity contribution >= 4 is 29.1 Å². The van der Waals surface area contributed by atoms with Crippen molar-refractivity contribution in [1.29, 1.82) is 0 Å². The van der Waals surface area contributed by atoms with Crippen molar-refractivity contribution in [1.82, 2.24) is 0 Å². The van der Waals surface area contributed by atoms with Gasteiger partial charge in [-0.2, -0.15) is 0 Å². The number of rotatable bonds is 4. The third-order valence-corrected chi connectivity index (χ3v) is 3.97. The minimum absolute atomic E-state index is 0.652. The molecule has 0 fully saturated rings. The van der Waals surface area contributed by atoms with Crippen molar-refractivity contribution in [2.45, 2.75) is 10.6 Å². The first kappa shape index (κ1) is 13.1. The van der Waals surface area contributed by atoms with Crippen molar-refractivity contribution < 1.29 is 4.74 Å². The van der Waals surface area contributed by atoms with Crippen LogP contribution >= 0.6 is 23.4 Å². The van der Waals surface area contributed by atoms with Gasteiger partial charge in [-0.3, -0.25) is 0 Å². The number of hydrogen-bond acceptors (Lipinski definition) is 3. The SMILES string of the molecule is COc1cc(SCc2ccccc2Cl)ccc1N. The molecule has 0 bridgehead atoms. The number of anilines is 1. The normalized spacial score (nSPS) is 10.3. The second-order valence-electron chi connectivity index (χ2n) is 3.78. The van der Waals surface area contributed by atoms with Crippen LogP contribution in [-0.4, -0.2) is 7.11 Å². The molecule has 4 heteroatoms. The topological polar surface area (TPSA) is 35.2 Å². The van der Waals surface area contributed by atoms with Crippen LogP contribution < -0.4 is 10.5 Å². The minimum atomic E-state index is 0.652. The highest BCUT2D eigenvalue weighted by Gasteiger charge is 2.04. The first-order valence-electron chi connectivity index (χ1n) is 5.50. The van der Waals surface area contributed by atoms with Crippen LogP contribution in [0.15, 0.2) is 47.4 Å². The maximum Gasteiger partial charge on any atom is 0.142 e. The van der Waals surface area contributed by atoms with Gasteiger partial charge in [-0.25, -0.2) is 0 Å². The van der Waals surface area contributed by atoms with Crippen molar-refractivity contribution in [3.05, 3.63) is 53.1 Å². The molecule has 0 spiro atoms. The fourth-order valence-electron chi connectivity index (χ4n) is 1.56. The fourth-order valence-corrected chi connectivity index (χ4v) is 2.77. The lowest BCUT2D eigenvalue weighted by atomic mass is 10.2. The van der Waals surface area contributed by atoms with Gasteiger partial charge in [0.1, 0.15) is 5.75 Å². The zero-order valence-corrected chi connectivity index (χ0v) is 11.6. The highest BCUT2D eigenvalue weighted by Crippen LogP contribution is 2.31. The van der Waals surface area contributed by atoms with E-state index in [4.69, 9.17) is 22.1 Å². The molecule has 2 rings (SSSR count). The molecule has 0 amide bonds. The van der Waals surface area contributed by atoms with E-state index >= 15 is 0 Å². The summed E-state index contributed by atoms with van der Waals surface area (Å²) >= 11 is 7.82. The number of methoxy groups -OCH3 is 1. The number of thioether (sulfide) groups is 1. The Morgan fingerprint density at radius 2 is 2.00 bits per heavy atom. The molecule has 0 aliphatic carbocycles. The van der Waals surface area contributed by atoms with E-state index in [2.05, 4.69) is 0 Å². The van der Waals surface area contributed by atoms with E-state index in [1.54, 1.807) is 18.9 Å². The average Bonchev–Trinajstić information content (AvgIpc) is 2.39. The van der Waals surface area contributed by atoms with E-state index in [1.165, 1.54) is 0 Å². The smallest absolute Gasteiger partial charge is 0.142 e. The van der Waals surface area contributed by atoms with E-state index in [-0.39, 0.29) is 0 Å². The number of nitrogens with two attached hydrogens (primary N) is 1. The van der Waals surface area contributed by atoms with Gasteiger partial charge in [0.2, 0.25) is 0 Å². The third-order valence-electron chi connectivity index (χ3n) is 2.56. The Kier molecular flexibility index (Phi) is 4.39.